The Morgan fingerprint density at radius 2 is 1.09 bits per heavy atom. The van der Waals surface area contributed by atoms with Gasteiger partial charge in [-0.05, 0) is 93.7 Å². The molecule has 0 radical (unpaired) electrons. The molecule has 3 heterocycles. The van der Waals surface area contributed by atoms with Gasteiger partial charge >= 0.3 is 0 Å². The zero-order chi connectivity index (χ0) is 35.3. The Bertz CT molecular complexity index is 3480. The van der Waals surface area contributed by atoms with Crippen LogP contribution in [0, 0.1) is 0 Å². The Balaban J connectivity index is 1.04. The van der Waals surface area contributed by atoms with Gasteiger partial charge in [-0.25, -0.2) is 4.98 Å². The number of benzene rings is 9. The molecule has 3 aromatic heterocycles. The summed E-state index contributed by atoms with van der Waals surface area (Å²) in [6.45, 7) is 0. The van der Waals surface area contributed by atoms with Crippen molar-refractivity contribution >= 4 is 114 Å². The van der Waals surface area contributed by atoms with Crippen molar-refractivity contribution in [3.05, 3.63) is 170 Å². The fraction of sp³-hybridized carbons (Fsp3) is 0. The van der Waals surface area contributed by atoms with E-state index in [1.54, 1.807) is 0 Å². The highest BCUT2D eigenvalue weighted by molar-refractivity contribution is 7.25. The van der Waals surface area contributed by atoms with Crippen LogP contribution in [0.2, 0.25) is 0 Å². The van der Waals surface area contributed by atoms with Crippen LogP contribution < -0.4 is 4.90 Å². The van der Waals surface area contributed by atoms with E-state index in [-0.39, 0.29) is 0 Å². The Morgan fingerprint density at radius 1 is 0.426 bits per heavy atom. The second-order valence-corrected chi connectivity index (χ2v) is 15.0. The molecule has 0 unspecified atom stereocenters. The van der Waals surface area contributed by atoms with Crippen molar-refractivity contribution < 1.29 is 8.83 Å². The first kappa shape index (κ1) is 29.6. The molecule has 0 spiro atoms. The molecule has 0 fully saturated rings. The first-order chi connectivity index (χ1) is 26.7. The number of fused-ring (bicyclic) bond motifs is 11. The Morgan fingerprint density at radius 3 is 1.96 bits per heavy atom. The second-order valence-electron chi connectivity index (χ2n) is 14.0. The molecule has 12 rings (SSSR count). The van der Waals surface area contributed by atoms with Crippen LogP contribution in [0.4, 0.5) is 17.1 Å². The summed E-state index contributed by atoms with van der Waals surface area (Å²) in [5.41, 5.74) is 7.32. The molecule has 0 saturated carbocycles. The third-order valence-electron chi connectivity index (χ3n) is 10.8. The molecular weight excluding hydrogens is 681 g/mol. The smallest absolute Gasteiger partial charge is 0.228 e. The highest BCUT2D eigenvalue weighted by atomic mass is 32.1. The van der Waals surface area contributed by atoms with E-state index in [1.165, 1.54) is 41.7 Å². The molecule has 4 nitrogen and oxygen atoms in total. The molecule has 5 heteroatoms. The normalized spacial score (nSPS) is 12.1. The van der Waals surface area contributed by atoms with Crippen molar-refractivity contribution in [1.29, 1.82) is 0 Å². The molecule has 0 atom stereocenters. The van der Waals surface area contributed by atoms with Gasteiger partial charge in [-0.2, -0.15) is 0 Å². The lowest BCUT2D eigenvalue weighted by atomic mass is 10.0. The van der Waals surface area contributed by atoms with Gasteiger partial charge in [0.1, 0.15) is 16.7 Å². The van der Waals surface area contributed by atoms with Crippen molar-refractivity contribution in [1.82, 2.24) is 4.98 Å². The maximum absolute atomic E-state index is 6.65. The van der Waals surface area contributed by atoms with Crippen LogP contribution in [-0.2, 0) is 0 Å². The zero-order valence-corrected chi connectivity index (χ0v) is 29.6. The molecule has 252 valence electrons. The number of hydrogen-bond donors (Lipinski definition) is 0. The number of anilines is 3. The van der Waals surface area contributed by atoms with Gasteiger partial charge < -0.3 is 13.7 Å². The lowest BCUT2D eigenvalue weighted by molar-refractivity contribution is 0.623. The maximum atomic E-state index is 6.65. The number of aromatic nitrogens is 1. The fourth-order valence-corrected chi connectivity index (χ4v) is 9.42. The molecule has 0 bridgehead atoms. The van der Waals surface area contributed by atoms with E-state index in [9.17, 15) is 0 Å². The third-order valence-corrected chi connectivity index (χ3v) is 11.9. The number of rotatable bonds is 4. The van der Waals surface area contributed by atoms with E-state index >= 15 is 0 Å². The summed E-state index contributed by atoms with van der Waals surface area (Å²) in [6, 6.07) is 60.4. The lowest BCUT2D eigenvalue weighted by Gasteiger charge is -2.26. The largest absolute Gasteiger partial charge is 0.456 e. The summed E-state index contributed by atoms with van der Waals surface area (Å²) in [5.74, 6) is 0.584. The number of furan rings is 1. The molecule has 0 aliphatic carbocycles. The van der Waals surface area contributed by atoms with E-state index in [2.05, 4.69) is 144 Å². The van der Waals surface area contributed by atoms with Gasteiger partial charge in [0.25, 0.3) is 0 Å². The summed E-state index contributed by atoms with van der Waals surface area (Å²) in [6.07, 6.45) is 0. The summed E-state index contributed by atoms with van der Waals surface area (Å²) < 4.78 is 15.7. The minimum atomic E-state index is 0.584. The molecule has 0 aliphatic rings. The van der Waals surface area contributed by atoms with Crippen molar-refractivity contribution in [2.45, 2.75) is 0 Å². The fourth-order valence-electron chi connectivity index (χ4n) is 8.26. The highest BCUT2D eigenvalue weighted by Crippen LogP contribution is 2.45. The molecule has 54 heavy (non-hydrogen) atoms. The monoisotopic (exact) mass is 708 g/mol. The molecule has 0 saturated heterocycles. The van der Waals surface area contributed by atoms with Crippen LogP contribution >= 0.6 is 11.3 Å². The molecule has 0 amide bonds. The molecule has 12 aromatic rings. The minimum absolute atomic E-state index is 0.584. The predicted molar refractivity (Wildman–Crippen MR) is 227 cm³/mol. The van der Waals surface area contributed by atoms with Gasteiger partial charge in [-0.3, -0.25) is 0 Å². The van der Waals surface area contributed by atoms with Crippen LogP contribution in [0.3, 0.4) is 0 Å². The van der Waals surface area contributed by atoms with Crippen LogP contribution in [0.5, 0.6) is 0 Å². The second kappa shape index (κ2) is 11.3. The summed E-state index contributed by atoms with van der Waals surface area (Å²) >= 11 is 1.85. The van der Waals surface area contributed by atoms with E-state index in [4.69, 9.17) is 13.8 Å². The standard InChI is InChI=1S/C49H28N2O2S/c1-2-10-31-24-34(18-16-29(31)8-1)51(36-19-21-38-41-25-32-11-3-4-12-33(32)26-45(41)54-46(38)28-36)35-20-22-39-44(27-35)52-43-15-7-14-40(47(39)43)49-50-42-23-17-30-9-5-6-13-37(30)48(42)53-49/h1-28H. The summed E-state index contributed by atoms with van der Waals surface area (Å²) in [4.78, 5) is 7.30. The molecular formula is C49H28N2O2S. The van der Waals surface area contributed by atoms with Crippen LogP contribution in [0.25, 0.3) is 97.0 Å². The Kier molecular flexibility index (Phi) is 6.18. The van der Waals surface area contributed by atoms with Crippen molar-refractivity contribution in [3.63, 3.8) is 0 Å². The van der Waals surface area contributed by atoms with E-state index in [0.717, 1.165) is 66.4 Å². The Labute approximate surface area is 312 Å². The van der Waals surface area contributed by atoms with Gasteiger partial charge in [0.05, 0.1) is 0 Å². The van der Waals surface area contributed by atoms with Gasteiger partial charge in [0, 0.05) is 65.0 Å². The van der Waals surface area contributed by atoms with Gasteiger partial charge in [0.2, 0.25) is 5.89 Å². The van der Waals surface area contributed by atoms with E-state index in [1.807, 2.05) is 41.7 Å². The zero-order valence-electron chi connectivity index (χ0n) is 28.8. The average Bonchev–Trinajstić information content (AvgIpc) is 3.93. The van der Waals surface area contributed by atoms with Gasteiger partial charge in [-0.15, -0.1) is 11.3 Å². The lowest BCUT2D eigenvalue weighted by Crippen LogP contribution is -2.09. The molecule has 0 aliphatic heterocycles. The molecule has 9 aromatic carbocycles. The first-order valence-corrected chi connectivity index (χ1v) is 18.9. The number of oxazole rings is 1. The summed E-state index contributed by atoms with van der Waals surface area (Å²) in [5, 5.41) is 11.7. The van der Waals surface area contributed by atoms with Gasteiger partial charge in [0.15, 0.2) is 5.58 Å². The summed E-state index contributed by atoms with van der Waals surface area (Å²) in [7, 11) is 0. The SMILES string of the molecule is c1ccc2cc(N(c3ccc4c(c3)oc3cccc(-c5nc6ccc7ccccc7c6o5)c34)c3ccc4c(c3)sc3cc5ccccc5cc34)ccc2c1. The number of hydrogen-bond acceptors (Lipinski definition) is 5. The number of thiophene rings is 1. The molecule has 0 N–H and O–H groups in total. The van der Waals surface area contributed by atoms with E-state index < -0.39 is 0 Å². The van der Waals surface area contributed by atoms with Crippen molar-refractivity contribution in [3.8, 4) is 11.5 Å². The number of nitrogens with zero attached hydrogens (tertiary/aromatic N) is 2. The predicted octanol–water partition coefficient (Wildman–Crippen LogP) is 14.7. The maximum Gasteiger partial charge on any atom is 0.228 e. The van der Waals surface area contributed by atoms with Crippen LogP contribution in [0.1, 0.15) is 0 Å². The van der Waals surface area contributed by atoms with Crippen molar-refractivity contribution in [2.24, 2.45) is 0 Å². The van der Waals surface area contributed by atoms with E-state index in [0.29, 0.717) is 5.89 Å². The highest BCUT2D eigenvalue weighted by Gasteiger charge is 2.21. The first-order valence-electron chi connectivity index (χ1n) is 18.1. The minimum Gasteiger partial charge on any atom is -0.456 e. The quantitative estimate of drug-likeness (QED) is 0.183. The van der Waals surface area contributed by atoms with Crippen molar-refractivity contribution in [2.75, 3.05) is 4.90 Å². The van der Waals surface area contributed by atoms with Crippen LogP contribution in [0.15, 0.2) is 179 Å². The van der Waals surface area contributed by atoms with Crippen LogP contribution in [-0.4, -0.2) is 4.98 Å². The van der Waals surface area contributed by atoms with Gasteiger partial charge in [-0.1, -0.05) is 97.1 Å². The topological polar surface area (TPSA) is 42.4 Å². The average molecular weight is 709 g/mol. The third kappa shape index (κ3) is 4.46. The Hall–Kier alpha value is -6.95.